The van der Waals surface area contributed by atoms with E-state index in [-0.39, 0.29) is 23.7 Å². The summed E-state index contributed by atoms with van der Waals surface area (Å²) in [6, 6.07) is 0. The Hall–Kier alpha value is -0.690. The summed E-state index contributed by atoms with van der Waals surface area (Å²) in [5.74, 6) is 4.93. The first kappa shape index (κ1) is 14.7. The number of amides is 1. The van der Waals surface area contributed by atoms with Crippen LogP contribution in [0, 0.1) is 0 Å². The van der Waals surface area contributed by atoms with Crippen molar-refractivity contribution in [1.82, 2.24) is 15.2 Å². The topological polar surface area (TPSA) is 70.8 Å². The molecule has 0 saturated carbocycles. The molecule has 2 heterocycles. The van der Waals surface area contributed by atoms with E-state index in [0.717, 1.165) is 39.0 Å². The summed E-state index contributed by atoms with van der Waals surface area (Å²) in [6.07, 6.45) is 1.49. The molecule has 0 aromatic carbocycles. The van der Waals surface area contributed by atoms with E-state index in [1.165, 1.54) is 0 Å². The summed E-state index contributed by atoms with van der Waals surface area (Å²) < 4.78 is 5.76. The minimum absolute atomic E-state index is 0.154. The molecule has 2 atom stereocenters. The van der Waals surface area contributed by atoms with Crippen LogP contribution in [-0.2, 0) is 9.53 Å². The van der Waals surface area contributed by atoms with E-state index in [9.17, 15) is 4.79 Å². The van der Waals surface area contributed by atoms with Crippen molar-refractivity contribution in [3.63, 3.8) is 0 Å². The molecule has 2 rings (SSSR count). The molecular weight excluding hydrogens is 244 g/mol. The van der Waals surface area contributed by atoms with E-state index in [4.69, 9.17) is 10.6 Å². The standard InChI is InChI=1S/C13H26N4O2/c1-13(2)9-17(7-6-16(13)3)8-10-4-5-11(19-10)12(18)15-14/h10-11H,4-9,14H2,1-3H3,(H,15,18). The Balaban J connectivity index is 1.81. The third-order valence-corrected chi connectivity index (χ3v) is 4.40. The van der Waals surface area contributed by atoms with Gasteiger partial charge in [0.05, 0.1) is 6.10 Å². The van der Waals surface area contributed by atoms with E-state index in [2.05, 4.69) is 36.1 Å². The van der Waals surface area contributed by atoms with E-state index in [1.54, 1.807) is 0 Å². The predicted octanol–water partition coefficient (Wildman–Crippen LogP) is -0.450. The van der Waals surface area contributed by atoms with Gasteiger partial charge in [-0.15, -0.1) is 0 Å². The highest BCUT2D eigenvalue weighted by molar-refractivity contribution is 5.80. The van der Waals surface area contributed by atoms with Gasteiger partial charge in [-0.05, 0) is 33.7 Å². The Morgan fingerprint density at radius 3 is 2.79 bits per heavy atom. The van der Waals surface area contributed by atoms with Gasteiger partial charge in [0.2, 0.25) is 0 Å². The van der Waals surface area contributed by atoms with Crippen LogP contribution in [0.4, 0.5) is 0 Å². The van der Waals surface area contributed by atoms with Gasteiger partial charge in [0.15, 0.2) is 0 Å². The molecule has 3 N–H and O–H groups in total. The normalized spacial score (nSPS) is 32.4. The van der Waals surface area contributed by atoms with Crippen LogP contribution >= 0.6 is 0 Å². The molecule has 6 nitrogen and oxygen atoms in total. The van der Waals surface area contributed by atoms with Crippen molar-refractivity contribution in [2.75, 3.05) is 33.2 Å². The molecule has 19 heavy (non-hydrogen) atoms. The first-order chi connectivity index (χ1) is 8.92. The van der Waals surface area contributed by atoms with E-state index in [1.807, 2.05) is 0 Å². The molecule has 2 aliphatic heterocycles. The molecule has 0 bridgehead atoms. The molecule has 0 radical (unpaired) electrons. The average molecular weight is 270 g/mol. The highest BCUT2D eigenvalue weighted by Gasteiger charge is 2.35. The van der Waals surface area contributed by atoms with E-state index < -0.39 is 0 Å². The number of carbonyl (C=O) groups excluding carboxylic acids is 1. The van der Waals surface area contributed by atoms with Crippen LogP contribution in [0.15, 0.2) is 0 Å². The van der Waals surface area contributed by atoms with Gasteiger partial charge in [-0.2, -0.15) is 0 Å². The molecular formula is C13H26N4O2. The Morgan fingerprint density at radius 1 is 1.42 bits per heavy atom. The maximum absolute atomic E-state index is 11.4. The minimum Gasteiger partial charge on any atom is -0.364 e. The molecule has 0 aliphatic carbocycles. The summed E-state index contributed by atoms with van der Waals surface area (Å²) in [4.78, 5) is 16.2. The average Bonchev–Trinajstić information content (AvgIpc) is 2.81. The van der Waals surface area contributed by atoms with Crippen LogP contribution in [-0.4, -0.2) is 66.7 Å². The Bertz CT molecular complexity index is 335. The number of ether oxygens (including phenoxy) is 1. The van der Waals surface area contributed by atoms with E-state index in [0.29, 0.717) is 0 Å². The second-order valence-electron chi connectivity index (χ2n) is 6.30. The zero-order chi connectivity index (χ0) is 14.0. The molecule has 1 amide bonds. The quantitative estimate of drug-likeness (QED) is 0.413. The maximum atomic E-state index is 11.4. The van der Waals surface area contributed by atoms with E-state index >= 15 is 0 Å². The van der Waals surface area contributed by atoms with Crippen molar-refractivity contribution in [2.24, 2.45) is 5.84 Å². The third-order valence-electron chi connectivity index (χ3n) is 4.40. The lowest BCUT2D eigenvalue weighted by molar-refractivity contribution is -0.132. The Morgan fingerprint density at radius 2 is 2.16 bits per heavy atom. The van der Waals surface area contributed by atoms with Crippen molar-refractivity contribution in [3.8, 4) is 0 Å². The molecule has 2 unspecified atom stereocenters. The molecule has 2 fully saturated rings. The number of nitrogens with two attached hydrogens (primary N) is 1. The Labute approximate surface area is 115 Å². The largest absolute Gasteiger partial charge is 0.364 e. The zero-order valence-corrected chi connectivity index (χ0v) is 12.2. The highest BCUT2D eigenvalue weighted by Crippen LogP contribution is 2.24. The fourth-order valence-electron chi connectivity index (χ4n) is 2.91. The summed E-state index contributed by atoms with van der Waals surface area (Å²) in [5.41, 5.74) is 2.37. The van der Waals surface area contributed by atoms with Crippen molar-refractivity contribution in [2.45, 2.75) is 44.4 Å². The number of rotatable bonds is 3. The lowest BCUT2D eigenvalue weighted by Crippen LogP contribution is -2.58. The summed E-state index contributed by atoms with van der Waals surface area (Å²) in [5, 5.41) is 0. The van der Waals surface area contributed by atoms with Crippen LogP contribution in [0.1, 0.15) is 26.7 Å². The lowest BCUT2D eigenvalue weighted by atomic mass is 9.99. The van der Waals surface area contributed by atoms with Crippen molar-refractivity contribution < 1.29 is 9.53 Å². The predicted molar refractivity (Wildman–Crippen MR) is 73.4 cm³/mol. The van der Waals surface area contributed by atoms with Crippen molar-refractivity contribution in [1.29, 1.82) is 0 Å². The van der Waals surface area contributed by atoms with Crippen LogP contribution in [0.3, 0.4) is 0 Å². The number of likely N-dealkylation sites (N-methyl/N-ethyl adjacent to an activating group) is 1. The lowest BCUT2D eigenvalue weighted by Gasteiger charge is -2.45. The molecule has 0 aromatic heterocycles. The second-order valence-corrected chi connectivity index (χ2v) is 6.30. The fourth-order valence-corrected chi connectivity index (χ4v) is 2.91. The van der Waals surface area contributed by atoms with Crippen molar-refractivity contribution in [3.05, 3.63) is 0 Å². The summed E-state index contributed by atoms with van der Waals surface area (Å²) >= 11 is 0. The summed E-state index contributed by atoms with van der Waals surface area (Å²) in [6.45, 7) is 8.61. The Kier molecular flexibility index (Phi) is 4.45. The van der Waals surface area contributed by atoms with Gasteiger partial charge in [-0.1, -0.05) is 0 Å². The number of hydrogen-bond acceptors (Lipinski definition) is 5. The molecule has 2 aliphatic rings. The molecule has 0 spiro atoms. The first-order valence-corrected chi connectivity index (χ1v) is 7.02. The maximum Gasteiger partial charge on any atom is 0.263 e. The highest BCUT2D eigenvalue weighted by atomic mass is 16.5. The SMILES string of the molecule is CN1CCN(CC2CCC(C(=O)NN)O2)CC1(C)C. The number of carbonyl (C=O) groups is 1. The monoisotopic (exact) mass is 270 g/mol. The smallest absolute Gasteiger partial charge is 0.263 e. The van der Waals surface area contributed by atoms with Crippen LogP contribution in [0.2, 0.25) is 0 Å². The van der Waals surface area contributed by atoms with Gasteiger partial charge in [-0.3, -0.25) is 20.0 Å². The van der Waals surface area contributed by atoms with Crippen LogP contribution < -0.4 is 11.3 Å². The van der Waals surface area contributed by atoms with Crippen LogP contribution in [0.25, 0.3) is 0 Å². The molecule has 110 valence electrons. The minimum atomic E-state index is -0.365. The van der Waals surface area contributed by atoms with Gasteiger partial charge >= 0.3 is 0 Å². The number of hydrazine groups is 1. The zero-order valence-electron chi connectivity index (χ0n) is 12.2. The third kappa shape index (κ3) is 3.45. The molecule has 6 heteroatoms. The first-order valence-electron chi connectivity index (χ1n) is 7.02. The second kappa shape index (κ2) is 5.75. The molecule has 2 saturated heterocycles. The fraction of sp³-hybridized carbons (Fsp3) is 0.923. The number of nitrogens with zero attached hydrogens (tertiary/aromatic N) is 2. The van der Waals surface area contributed by atoms with Gasteiger partial charge < -0.3 is 4.74 Å². The summed E-state index contributed by atoms with van der Waals surface area (Å²) in [7, 11) is 2.17. The van der Waals surface area contributed by atoms with Gasteiger partial charge in [0.1, 0.15) is 6.10 Å². The number of hydrogen-bond donors (Lipinski definition) is 2. The number of piperazine rings is 1. The van der Waals surface area contributed by atoms with Gasteiger partial charge in [-0.25, -0.2) is 5.84 Å². The van der Waals surface area contributed by atoms with Crippen LogP contribution in [0.5, 0.6) is 0 Å². The van der Waals surface area contributed by atoms with Gasteiger partial charge in [0, 0.05) is 31.7 Å². The molecule has 0 aromatic rings. The number of nitrogens with one attached hydrogen (secondary N) is 1. The van der Waals surface area contributed by atoms with Crippen molar-refractivity contribution >= 4 is 5.91 Å². The van der Waals surface area contributed by atoms with Gasteiger partial charge in [0.25, 0.3) is 5.91 Å².